The normalized spacial score (nSPS) is 11.9. The maximum absolute atomic E-state index is 10.8. The minimum Gasteiger partial charge on any atom is -0.477 e. The van der Waals surface area contributed by atoms with Gasteiger partial charge in [0.05, 0.1) is 6.04 Å². The maximum atomic E-state index is 10.8. The zero-order chi connectivity index (χ0) is 13.8. The Bertz CT molecular complexity index is 604. The van der Waals surface area contributed by atoms with E-state index in [0.29, 0.717) is 5.02 Å². The number of hydrogen-bond acceptors (Lipinski definition) is 4. The van der Waals surface area contributed by atoms with Crippen LogP contribution in [0.1, 0.15) is 29.0 Å². The number of benzene rings is 1. The van der Waals surface area contributed by atoms with E-state index in [1.807, 2.05) is 25.1 Å². The topological polar surface area (TPSA) is 75.1 Å². The summed E-state index contributed by atoms with van der Waals surface area (Å²) >= 11 is 6.09. The lowest BCUT2D eigenvalue weighted by molar-refractivity contribution is 0.0690. The van der Waals surface area contributed by atoms with Crippen molar-refractivity contribution in [1.82, 2.24) is 9.97 Å². The summed E-state index contributed by atoms with van der Waals surface area (Å²) in [6, 6.07) is 8.63. The number of aromatic carboxylic acids is 1. The highest BCUT2D eigenvalue weighted by Crippen LogP contribution is 2.24. The molecule has 2 aromatic rings. The van der Waals surface area contributed by atoms with Crippen molar-refractivity contribution in [1.29, 1.82) is 0 Å². The van der Waals surface area contributed by atoms with E-state index < -0.39 is 5.97 Å². The van der Waals surface area contributed by atoms with Gasteiger partial charge in [-0.3, -0.25) is 0 Å². The van der Waals surface area contributed by atoms with Crippen molar-refractivity contribution in [2.45, 2.75) is 13.0 Å². The summed E-state index contributed by atoms with van der Waals surface area (Å²) in [5.74, 6) is -0.830. The Hall–Kier alpha value is -2.14. The third-order valence-corrected chi connectivity index (χ3v) is 2.94. The molecular formula is C13H12ClN3O2. The Morgan fingerprint density at radius 3 is 2.79 bits per heavy atom. The molecule has 1 unspecified atom stereocenters. The number of hydrogen-bond donors (Lipinski definition) is 2. The van der Waals surface area contributed by atoms with Crippen LogP contribution in [0.25, 0.3) is 0 Å². The van der Waals surface area contributed by atoms with Crippen molar-refractivity contribution >= 4 is 23.5 Å². The predicted octanol–water partition coefficient (Wildman–Crippen LogP) is 3.00. The number of nitrogens with one attached hydrogen (secondary N) is 1. The molecule has 1 aromatic carbocycles. The van der Waals surface area contributed by atoms with Gasteiger partial charge in [-0.15, -0.1) is 0 Å². The van der Waals surface area contributed by atoms with Crippen LogP contribution in [-0.4, -0.2) is 21.0 Å². The minimum absolute atomic E-state index is 0.0520. The van der Waals surface area contributed by atoms with Gasteiger partial charge in [0.1, 0.15) is 0 Å². The third kappa shape index (κ3) is 3.20. The van der Waals surface area contributed by atoms with Crippen LogP contribution < -0.4 is 5.32 Å². The summed E-state index contributed by atoms with van der Waals surface area (Å²) in [5.41, 5.74) is 0.845. The number of nitrogens with zero attached hydrogens (tertiary/aromatic N) is 2. The number of anilines is 1. The first-order valence-electron chi connectivity index (χ1n) is 5.65. The lowest BCUT2D eigenvalue weighted by Gasteiger charge is -2.15. The van der Waals surface area contributed by atoms with Gasteiger partial charge in [0.25, 0.3) is 0 Å². The number of carboxylic acids is 1. The average Bonchev–Trinajstić information content (AvgIpc) is 2.39. The van der Waals surface area contributed by atoms with Crippen LogP contribution in [0.15, 0.2) is 36.5 Å². The van der Waals surface area contributed by atoms with Gasteiger partial charge in [-0.2, -0.15) is 0 Å². The first-order valence-corrected chi connectivity index (χ1v) is 6.03. The summed E-state index contributed by atoms with van der Waals surface area (Å²) in [6.45, 7) is 1.90. The van der Waals surface area contributed by atoms with Gasteiger partial charge in [0.2, 0.25) is 5.95 Å². The summed E-state index contributed by atoms with van der Waals surface area (Å²) in [5, 5.41) is 12.5. The van der Waals surface area contributed by atoms with Crippen LogP contribution in [-0.2, 0) is 0 Å². The van der Waals surface area contributed by atoms with Crippen LogP contribution in [0.5, 0.6) is 0 Å². The molecule has 1 aromatic heterocycles. The summed E-state index contributed by atoms with van der Waals surface area (Å²) in [7, 11) is 0. The van der Waals surface area contributed by atoms with Gasteiger partial charge in [-0.05, 0) is 24.6 Å². The Labute approximate surface area is 115 Å². The molecule has 0 bridgehead atoms. The van der Waals surface area contributed by atoms with E-state index in [4.69, 9.17) is 16.7 Å². The molecule has 2 N–H and O–H groups in total. The molecule has 1 heterocycles. The zero-order valence-corrected chi connectivity index (χ0v) is 10.9. The Kier molecular flexibility index (Phi) is 3.97. The summed E-state index contributed by atoms with van der Waals surface area (Å²) < 4.78 is 0. The molecule has 6 heteroatoms. The van der Waals surface area contributed by atoms with Crippen LogP contribution in [0.2, 0.25) is 5.02 Å². The van der Waals surface area contributed by atoms with E-state index >= 15 is 0 Å². The van der Waals surface area contributed by atoms with Gasteiger partial charge >= 0.3 is 5.97 Å². The van der Waals surface area contributed by atoms with Crippen molar-refractivity contribution in [3.05, 3.63) is 52.8 Å². The van der Waals surface area contributed by atoms with Crippen molar-refractivity contribution in [3.63, 3.8) is 0 Å². The van der Waals surface area contributed by atoms with E-state index in [1.165, 1.54) is 12.3 Å². The fourth-order valence-corrected chi connectivity index (χ4v) is 1.94. The van der Waals surface area contributed by atoms with E-state index in [-0.39, 0.29) is 17.7 Å². The quantitative estimate of drug-likeness (QED) is 0.898. The number of aromatic nitrogens is 2. The molecule has 0 aliphatic heterocycles. The fraction of sp³-hybridized carbons (Fsp3) is 0.154. The lowest BCUT2D eigenvalue weighted by Crippen LogP contribution is -2.11. The molecule has 1 atom stereocenters. The molecule has 0 saturated carbocycles. The maximum Gasteiger partial charge on any atom is 0.354 e. The molecule has 98 valence electrons. The van der Waals surface area contributed by atoms with Gasteiger partial charge in [0.15, 0.2) is 5.69 Å². The van der Waals surface area contributed by atoms with E-state index in [0.717, 1.165) is 5.56 Å². The predicted molar refractivity (Wildman–Crippen MR) is 72.5 cm³/mol. The van der Waals surface area contributed by atoms with Crippen molar-refractivity contribution in [3.8, 4) is 0 Å². The van der Waals surface area contributed by atoms with Crippen LogP contribution in [0.4, 0.5) is 5.95 Å². The lowest BCUT2D eigenvalue weighted by atomic mass is 10.1. The zero-order valence-electron chi connectivity index (χ0n) is 10.2. The molecule has 0 aliphatic rings. The van der Waals surface area contributed by atoms with E-state index in [2.05, 4.69) is 15.3 Å². The van der Waals surface area contributed by atoms with Crippen LogP contribution in [0.3, 0.4) is 0 Å². The number of rotatable bonds is 4. The van der Waals surface area contributed by atoms with Crippen molar-refractivity contribution < 1.29 is 9.90 Å². The smallest absolute Gasteiger partial charge is 0.354 e. The number of carboxylic acid groups (broad SMARTS) is 1. The first kappa shape index (κ1) is 13.3. The highest BCUT2D eigenvalue weighted by molar-refractivity contribution is 6.31. The van der Waals surface area contributed by atoms with Crippen LogP contribution >= 0.6 is 11.6 Å². The Morgan fingerprint density at radius 1 is 1.37 bits per heavy atom. The molecular weight excluding hydrogens is 266 g/mol. The Morgan fingerprint density at radius 2 is 2.11 bits per heavy atom. The second-order valence-electron chi connectivity index (χ2n) is 3.96. The average molecular weight is 278 g/mol. The molecule has 0 amide bonds. The molecule has 2 rings (SSSR count). The van der Waals surface area contributed by atoms with Crippen LogP contribution in [0, 0.1) is 0 Å². The molecule has 0 spiro atoms. The number of carbonyl (C=O) groups is 1. The summed E-state index contributed by atoms with van der Waals surface area (Å²) in [6.07, 6.45) is 1.40. The van der Waals surface area contributed by atoms with Gasteiger partial charge in [-0.25, -0.2) is 14.8 Å². The molecule has 0 saturated heterocycles. The summed E-state index contributed by atoms with van der Waals surface area (Å²) in [4.78, 5) is 18.7. The van der Waals surface area contributed by atoms with Gasteiger partial charge in [-0.1, -0.05) is 29.8 Å². The molecule has 0 fully saturated rings. The fourth-order valence-electron chi connectivity index (χ4n) is 1.65. The van der Waals surface area contributed by atoms with Crippen molar-refractivity contribution in [2.24, 2.45) is 0 Å². The third-order valence-electron chi connectivity index (χ3n) is 2.59. The highest BCUT2D eigenvalue weighted by atomic mass is 35.5. The van der Waals surface area contributed by atoms with E-state index in [9.17, 15) is 4.79 Å². The second kappa shape index (κ2) is 5.67. The molecule has 19 heavy (non-hydrogen) atoms. The van der Waals surface area contributed by atoms with Crippen molar-refractivity contribution in [2.75, 3.05) is 5.32 Å². The number of halogens is 1. The SMILES string of the molecule is CC(Nc1nccc(C(=O)O)n1)c1ccccc1Cl. The molecule has 0 aliphatic carbocycles. The monoisotopic (exact) mass is 277 g/mol. The van der Waals surface area contributed by atoms with E-state index in [1.54, 1.807) is 6.07 Å². The molecule has 5 nitrogen and oxygen atoms in total. The largest absolute Gasteiger partial charge is 0.477 e. The highest BCUT2D eigenvalue weighted by Gasteiger charge is 2.11. The minimum atomic E-state index is -1.09. The van der Waals surface area contributed by atoms with Gasteiger partial charge in [0, 0.05) is 11.2 Å². The molecule has 0 radical (unpaired) electrons. The van der Waals surface area contributed by atoms with Gasteiger partial charge < -0.3 is 10.4 Å². The standard InChI is InChI=1S/C13H12ClN3O2/c1-8(9-4-2-3-5-10(9)14)16-13-15-7-6-11(17-13)12(18)19/h2-8H,1H3,(H,18,19)(H,15,16,17). The second-order valence-corrected chi connectivity index (χ2v) is 4.37. The first-order chi connectivity index (χ1) is 9.08. The Balaban J connectivity index is 2.19.